The van der Waals surface area contributed by atoms with Crippen molar-refractivity contribution in [3.05, 3.63) is 22.8 Å². The topological polar surface area (TPSA) is 346 Å². The van der Waals surface area contributed by atoms with Crippen molar-refractivity contribution in [2.24, 2.45) is 37.9 Å². The van der Waals surface area contributed by atoms with Crippen molar-refractivity contribution in [3.63, 3.8) is 0 Å². The molecule has 0 heterocycles. The molecule has 0 aliphatic heterocycles. The van der Waals surface area contributed by atoms with E-state index in [4.69, 9.17) is 33.2 Å². The van der Waals surface area contributed by atoms with E-state index in [1.807, 2.05) is 67.8 Å². The van der Waals surface area contributed by atoms with Gasteiger partial charge in [0, 0.05) is 3.57 Å². The van der Waals surface area contributed by atoms with Crippen LogP contribution in [-0.4, -0.2) is 175 Å². The zero-order chi connectivity index (χ0) is 51.1. The van der Waals surface area contributed by atoms with E-state index in [2.05, 4.69) is 0 Å². The highest BCUT2D eigenvalue weighted by Gasteiger charge is 2.48. The smallest absolute Gasteiger partial charge is 0.324 e. The van der Waals surface area contributed by atoms with E-state index >= 15 is 0 Å². The molecule has 0 aromatic heterocycles. The van der Waals surface area contributed by atoms with Crippen LogP contribution < -0.4 is 4.74 Å². The first kappa shape index (κ1) is 61.4. The lowest BCUT2D eigenvalue weighted by Crippen LogP contribution is -2.49. The highest BCUT2D eigenvalue weighted by Crippen LogP contribution is 2.34. The minimum atomic E-state index is -2.17. The van der Waals surface area contributed by atoms with Gasteiger partial charge in [0.1, 0.15) is 77.5 Å². The van der Waals surface area contributed by atoms with Crippen molar-refractivity contribution in [2.75, 3.05) is 92.5 Å². The number of aliphatic hydroxyl groups excluding tert-OH is 8. The quantitative estimate of drug-likeness (QED) is 0.0230. The summed E-state index contributed by atoms with van der Waals surface area (Å²) in [6, 6.07) is 3.36. The summed E-state index contributed by atoms with van der Waals surface area (Å²) in [5.74, 6) is -8.39. The van der Waals surface area contributed by atoms with Crippen molar-refractivity contribution in [1.82, 2.24) is 0 Å². The first-order valence-corrected chi connectivity index (χ1v) is 23.0. The largest absolute Gasteiger partial charge is 0.464 e. The van der Waals surface area contributed by atoms with E-state index in [0.29, 0.717) is 7.14 Å². The molecule has 25 heteroatoms. The molecule has 0 aliphatic carbocycles. The third kappa shape index (κ3) is 15.7. The summed E-state index contributed by atoms with van der Waals surface area (Å²) in [5.41, 5.74) is -13.8. The van der Waals surface area contributed by atoms with E-state index in [9.17, 15) is 74.4 Å². The van der Waals surface area contributed by atoms with Gasteiger partial charge in [-0.15, -0.1) is 0 Å². The second kappa shape index (κ2) is 25.8. The fourth-order valence-electron chi connectivity index (χ4n) is 4.43. The van der Waals surface area contributed by atoms with Crippen LogP contribution in [0.4, 0.5) is 0 Å². The van der Waals surface area contributed by atoms with Crippen molar-refractivity contribution < 1.29 is 108 Å². The lowest BCUT2D eigenvalue weighted by atomic mass is 9.89. The van der Waals surface area contributed by atoms with Gasteiger partial charge >= 0.3 is 41.8 Å². The molecule has 8 N–H and O–H groups in total. The third-order valence-corrected chi connectivity index (χ3v) is 12.8. The fourth-order valence-corrected chi connectivity index (χ4v) is 8.23. The van der Waals surface area contributed by atoms with Crippen molar-refractivity contribution in [3.8, 4) is 5.75 Å². The maximum atomic E-state index is 14.2. The Morgan fingerprint density at radius 1 is 0.364 bits per heavy atom. The molecule has 0 amide bonds. The maximum Gasteiger partial charge on any atom is 0.324 e. The van der Waals surface area contributed by atoms with Crippen LogP contribution in [0.3, 0.4) is 0 Å². The lowest BCUT2D eigenvalue weighted by molar-refractivity contribution is -0.183. The van der Waals surface area contributed by atoms with Gasteiger partial charge in [-0.25, -0.2) is 0 Å². The molecule has 0 aliphatic rings. The Morgan fingerprint density at radius 2 is 0.545 bits per heavy atom. The highest BCUT2D eigenvalue weighted by atomic mass is 127. The third-order valence-electron chi connectivity index (χ3n) is 10.5. The molecule has 1 aromatic rings. The van der Waals surface area contributed by atoms with Crippen LogP contribution in [0.25, 0.3) is 0 Å². The second-order valence-electron chi connectivity index (χ2n) is 17.7. The summed E-state index contributed by atoms with van der Waals surface area (Å²) in [7, 11) is 0. The van der Waals surface area contributed by atoms with Crippen LogP contribution in [0.1, 0.15) is 48.5 Å². The van der Waals surface area contributed by atoms with Gasteiger partial charge in [0.25, 0.3) is 0 Å². The fraction of sp³-hybridized carbons (Fsp3) is 0.683. The summed E-state index contributed by atoms with van der Waals surface area (Å²) in [5, 5.41) is 77.7. The van der Waals surface area contributed by atoms with Crippen LogP contribution >= 0.6 is 67.8 Å². The van der Waals surface area contributed by atoms with Crippen LogP contribution in [0, 0.1) is 48.6 Å². The van der Waals surface area contributed by atoms with Crippen LogP contribution in [-0.2, 0) is 62.0 Å². The number of benzene rings is 1. The summed E-state index contributed by atoms with van der Waals surface area (Å²) in [4.78, 5) is 94.0. The first-order valence-electron chi connectivity index (χ1n) is 19.7. The molecular weight excluding hydrogens is 1230 g/mol. The summed E-state index contributed by atoms with van der Waals surface area (Å²) < 4.78 is 39.8. The van der Waals surface area contributed by atoms with Crippen molar-refractivity contribution >= 4 is 110 Å². The molecule has 0 saturated carbocycles. The Balaban J connectivity index is 3.78. The average molecular weight is 1280 g/mol. The minimum absolute atomic E-state index is 0.0658. The molecule has 376 valence electrons. The van der Waals surface area contributed by atoms with E-state index < -0.39 is 172 Å². The van der Waals surface area contributed by atoms with Gasteiger partial charge in [0.15, 0.2) is 5.75 Å². The van der Waals surface area contributed by atoms with Gasteiger partial charge < -0.3 is 74.0 Å². The predicted molar refractivity (Wildman–Crippen MR) is 249 cm³/mol. The van der Waals surface area contributed by atoms with Crippen LogP contribution in [0.5, 0.6) is 5.75 Å². The van der Waals surface area contributed by atoms with Gasteiger partial charge in [-0.2, -0.15) is 0 Å². The number of esters is 7. The Morgan fingerprint density at radius 3 is 0.742 bits per heavy atom. The molecule has 0 atom stereocenters. The van der Waals surface area contributed by atoms with E-state index in [-0.39, 0.29) is 5.75 Å². The predicted octanol–water partition coefficient (Wildman–Crippen LogP) is -0.352. The van der Waals surface area contributed by atoms with Crippen molar-refractivity contribution in [2.45, 2.75) is 48.5 Å². The van der Waals surface area contributed by atoms with Gasteiger partial charge in [0.2, 0.25) is 0 Å². The molecule has 0 saturated heterocycles. The summed E-state index contributed by atoms with van der Waals surface area (Å²) in [6.45, 7) is -4.61. The maximum absolute atomic E-state index is 14.2. The SMILES string of the molecule is CC(CO)(CO)C(=O)OCC(C)(COC(=O)C(C)(CO)CO)C(=O)OCC(C)(COC(=O)C(C)(COC(=O)C(C)(CO)CO)COC(=O)C(C)(CO)CO)C(=O)Oc1c(I)cc(I)cc1I. The van der Waals surface area contributed by atoms with E-state index in [1.165, 1.54) is 6.92 Å². The average Bonchev–Trinajstić information content (AvgIpc) is 3.31. The van der Waals surface area contributed by atoms with Gasteiger partial charge in [-0.05, 0) is 128 Å². The molecule has 0 fully saturated rings. The van der Waals surface area contributed by atoms with Crippen LogP contribution in [0.15, 0.2) is 12.1 Å². The Labute approximate surface area is 421 Å². The molecule has 66 heavy (non-hydrogen) atoms. The van der Waals surface area contributed by atoms with Gasteiger partial charge in [0.05, 0.1) is 60.0 Å². The molecule has 1 aromatic carbocycles. The Bertz CT molecular complexity index is 1690. The molecule has 0 radical (unpaired) electrons. The van der Waals surface area contributed by atoms with E-state index in [0.717, 1.165) is 45.1 Å². The standard InChI is InChI=1S/C41H59I3O22/c1-35(10-45,11-46)28(53)60-18-39(5,19-61-29(54)36(2,12-47)13-48)32(57)64-22-41(7,34(59)66-27-25(43)8-24(42)9-26(27)44)23-65-33(58)40(6,20-62-30(55)37(3,14-49)15-50)21-63-31(56)38(4,16-51)17-52/h8-9,45-52H,10-23H2,1-7H3. The number of hydrogen-bond donors (Lipinski definition) is 8. The number of rotatable bonds is 28. The molecule has 1 rings (SSSR count). The summed E-state index contributed by atoms with van der Waals surface area (Å²) >= 11 is 5.86. The number of halogens is 3. The number of carbonyl (C=O) groups is 7. The normalized spacial score (nSPS) is 12.8. The number of carbonyl (C=O) groups excluding carboxylic acids is 7. The number of ether oxygens (including phenoxy) is 7. The monoisotopic (exact) mass is 1280 g/mol. The summed E-state index contributed by atoms with van der Waals surface area (Å²) in [6.07, 6.45) is 0. The second-order valence-corrected chi connectivity index (χ2v) is 21.3. The Hall–Kier alpha value is -2.62. The highest BCUT2D eigenvalue weighted by molar-refractivity contribution is 14.1. The molecule has 0 unspecified atom stereocenters. The minimum Gasteiger partial charge on any atom is -0.464 e. The number of hydrogen-bond acceptors (Lipinski definition) is 22. The zero-order valence-corrected chi connectivity index (χ0v) is 44.0. The molecule has 22 nitrogen and oxygen atoms in total. The molecule has 0 spiro atoms. The van der Waals surface area contributed by atoms with E-state index in [1.54, 1.807) is 12.1 Å². The molecular formula is C41H59I3O22. The van der Waals surface area contributed by atoms with Gasteiger partial charge in [-0.3, -0.25) is 33.6 Å². The lowest BCUT2D eigenvalue weighted by Gasteiger charge is -2.33. The molecule has 0 bridgehead atoms. The van der Waals surface area contributed by atoms with Crippen LogP contribution in [0.2, 0.25) is 0 Å². The first-order chi connectivity index (χ1) is 30.5. The Kier molecular flexibility index (Phi) is 24.0. The number of aliphatic hydroxyl groups is 8. The van der Waals surface area contributed by atoms with Crippen molar-refractivity contribution in [1.29, 1.82) is 0 Å². The zero-order valence-electron chi connectivity index (χ0n) is 37.5. The van der Waals surface area contributed by atoms with Gasteiger partial charge in [-0.1, -0.05) is 0 Å².